The van der Waals surface area contributed by atoms with Gasteiger partial charge in [-0.1, -0.05) is 15.9 Å². The van der Waals surface area contributed by atoms with Crippen molar-refractivity contribution in [2.75, 3.05) is 39.0 Å². The van der Waals surface area contributed by atoms with Crippen LogP contribution < -0.4 is 14.4 Å². The highest BCUT2D eigenvalue weighted by Gasteiger charge is 2.18. The zero-order valence-corrected chi connectivity index (χ0v) is 13.6. The average molecular weight is 353 g/mol. The quantitative estimate of drug-likeness (QED) is 0.774. The number of anilines is 1. The number of alkyl halides is 1. The number of hydrogen-bond donors (Lipinski definition) is 0. The summed E-state index contributed by atoms with van der Waals surface area (Å²) < 4.78 is 16.0. The molecule has 0 N–H and O–H groups in total. The lowest BCUT2D eigenvalue weighted by molar-refractivity contribution is 0.174. The Kier molecular flexibility index (Phi) is 4.17. The molecule has 1 aliphatic rings. The van der Waals surface area contributed by atoms with Crippen molar-refractivity contribution in [2.24, 2.45) is 0 Å². The molecule has 0 aliphatic carbocycles. The maximum Gasteiger partial charge on any atom is 0.231 e. The van der Waals surface area contributed by atoms with Crippen molar-refractivity contribution in [3.05, 3.63) is 24.4 Å². The molecule has 0 saturated heterocycles. The zero-order valence-electron chi connectivity index (χ0n) is 12.0. The van der Waals surface area contributed by atoms with Gasteiger partial charge in [-0.2, -0.15) is 0 Å². The van der Waals surface area contributed by atoms with Gasteiger partial charge in [0.1, 0.15) is 5.82 Å². The van der Waals surface area contributed by atoms with Crippen molar-refractivity contribution in [3.63, 3.8) is 0 Å². The van der Waals surface area contributed by atoms with E-state index < -0.39 is 0 Å². The summed E-state index contributed by atoms with van der Waals surface area (Å²) in [6.45, 7) is 1.73. The van der Waals surface area contributed by atoms with E-state index in [4.69, 9.17) is 14.2 Å². The van der Waals surface area contributed by atoms with E-state index in [2.05, 4.69) is 25.8 Å². The summed E-state index contributed by atoms with van der Waals surface area (Å²) in [7, 11) is 3.72. The van der Waals surface area contributed by atoms with Crippen molar-refractivity contribution in [3.8, 4) is 11.5 Å². The first-order valence-electron chi connectivity index (χ1n) is 6.71. The molecule has 0 fully saturated rings. The first-order chi connectivity index (χ1) is 10.2. The van der Waals surface area contributed by atoms with Gasteiger partial charge in [-0.3, -0.25) is 0 Å². The second-order valence-corrected chi connectivity index (χ2v) is 6.29. The summed E-state index contributed by atoms with van der Waals surface area (Å²) in [4.78, 5) is 6.88. The van der Waals surface area contributed by atoms with E-state index in [1.165, 1.54) is 0 Å². The van der Waals surface area contributed by atoms with Crippen LogP contribution in [0.3, 0.4) is 0 Å². The zero-order chi connectivity index (χ0) is 14.8. The number of rotatable bonds is 5. The van der Waals surface area contributed by atoms with Crippen LogP contribution in [-0.2, 0) is 4.74 Å². The lowest BCUT2D eigenvalue weighted by Crippen LogP contribution is -2.28. The topological polar surface area (TPSA) is 43.8 Å². The third-order valence-corrected chi connectivity index (χ3v) is 3.97. The monoisotopic (exact) mass is 352 g/mol. The highest BCUT2D eigenvalue weighted by molar-refractivity contribution is 9.09. The average Bonchev–Trinajstić information content (AvgIpc) is 2.91. The third kappa shape index (κ3) is 2.91. The molecule has 0 radical (unpaired) electrons. The highest BCUT2D eigenvalue weighted by Crippen LogP contribution is 2.38. The molecular weight excluding hydrogens is 336 g/mol. The summed E-state index contributed by atoms with van der Waals surface area (Å²) in [5.41, 5.74) is 0. The minimum Gasteiger partial charge on any atom is -0.454 e. The molecule has 1 atom stereocenters. The molecule has 1 aromatic heterocycles. The standard InChI is InChI=1S/C15H17BrN2O3/c1-18(7-11(16)8-19-2)15-12-6-14-13(20-9-21-14)5-10(12)3-4-17-15/h3-6,11H,7-9H2,1-2H3. The fourth-order valence-electron chi connectivity index (χ4n) is 2.47. The summed E-state index contributed by atoms with van der Waals surface area (Å²) >= 11 is 3.61. The summed E-state index contributed by atoms with van der Waals surface area (Å²) in [6.07, 6.45) is 1.82. The number of methoxy groups -OCH3 is 1. The Balaban J connectivity index is 1.94. The van der Waals surface area contributed by atoms with Gasteiger partial charge in [-0.15, -0.1) is 0 Å². The largest absolute Gasteiger partial charge is 0.454 e. The molecule has 1 aromatic carbocycles. The maximum atomic E-state index is 5.46. The van der Waals surface area contributed by atoms with Crippen molar-refractivity contribution in [2.45, 2.75) is 4.83 Å². The lowest BCUT2D eigenvalue weighted by Gasteiger charge is -2.22. The van der Waals surface area contributed by atoms with E-state index in [-0.39, 0.29) is 11.6 Å². The van der Waals surface area contributed by atoms with Crippen LogP contribution in [0.5, 0.6) is 11.5 Å². The number of halogens is 1. The third-order valence-electron chi connectivity index (χ3n) is 3.42. The number of benzene rings is 1. The van der Waals surface area contributed by atoms with E-state index >= 15 is 0 Å². The second-order valence-electron chi connectivity index (χ2n) is 4.99. The Hall–Kier alpha value is -1.53. The van der Waals surface area contributed by atoms with Gasteiger partial charge in [0.25, 0.3) is 0 Å². The normalized spacial score (nSPS) is 14.4. The van der Waals surface area contributed by atoms with Crippen molar-refractivity contribution in [1.29, 1.82) is 0 Å². The Labute approximate surface area is 131 Å². The van der Waals surface area contributed by atoms with E-state index in [9.17, 15) is 0 Å². The van der Waals surface area contributed by atoms with E-state index in [1.807, 2.05) is 31.4 Å². The molecule has 3 rings (SSSR count). The van der Waals surface area contributed by atoms with E-state index in [0.29, 0.717) is 6.61 Å². The van der Waals surface area contributed by atoms with E-state index in [0.717, 1.165) is 34.6 Å². The van der Waals surface area contributed by atoms with Crippen LogP contribution in [0.2, 0.25) is 0 Å². The van der Waals surface area contributed by atoms with Gasteiger partial charge in [0, 0.05) is 32.3 Å². The van der Waals surface area contributed by atoms with Crippen LogP contribution >= 0.6 is 15.9 Å². The second kappa shape index (κ2) is 6.07. The Morgan fingerprint density at radius 2 is 2.14 bits per heavy atom. The SMILES string of the molecule is COCC(Br)CN(C)c1nccc2cc3c(cc12)OCO3. The van der Waals surface area contributed by atoms with Gasteiger partial charge in [-0.05, 0) is 23.6 Å². The predicted octanol–water partition coefficient (Wildman–Crippen LogP) is 2.81. The first-order valence-corrected chi connectivity index (χ1v) is 7.63. The molecule has 0 spiro atoms. The van der Waals surface area contributed by atoms with Crippen LogP contribution in [0.4, 0.5) is 5.82 Å². The van der Waals surface area contributed by atoms with Gasteiger partial charge in [0.05, 0.1) is 11.4 Å². The van der Waals surface area contributed by atoms with Crippen LogP contribution in [0, 0.1) is 0 Å². The fraction of sp³-hybridized carbons (Fsp3) is 0.400. The number of hydrogen-bond acceptors (Lipinski definition) is 5. The fourth-order valence-corrected chi connectivity index (χ4v) is 3.17. The van der Waals surface area contributed by atoms with Crippen molar-refractivity contribution in [1.82, 2.24) is 4.98 Å². The molecule has 0 bridgehead atoms. The Morgan fingerprint density at radius 3 is 2.90 bits per heavy atom. The molecule has 6 heteroatoms. The van der Waals surface area contributed by atoms with Crippen LogP contribution in [0.1, 0.15) is 0 Å². The summed E-state index contributed by atoms with van der Waals surface area (Å²) in [5.74, 6) is 2.49. The van der Waals surface area contributed by atoms with Gasteiger partial charge in [-0.25, -0.2) is 4.98 Å². The van der Waals surface area contributed by atoms with Gasteiger partial charge >= 0.3 is 0 Å². The van der Waals surface area contributed by atoms with Crippen molar-refractivity contribution >= 4 is 32.5 Å². The minimum atomic E-state index is 0.249. The molecule has 5 nitrogen and oxygen atoms in total. The molecule has 112 valence electrons. The van der Waals surface area contributed by atoms with Crippen molar-refractivity contribution < 1.29 is 14.2 Å². The van der Waals surface area contributed by atoms with Crippen LogP contribution in [0.15, 0.2) is 24.4 Å². The van der Waals surface area contributed by atoms with Gasteiger partial charge in [0.2, 0.25) is 6.79 Å². The molecule has 2 heterocycles. The molecule has 1 aliphatic heterocycles. The van der Waals surface area contributed by atoms with Gasteiger partial charge in [0.15, 0.2) is 11.5 Å². The molecular formula is C15H17BrN2O3. The van der Waals surface area contributed by atoms with E-state index in [1.54, 1.807) is 7.11 Å². The maximum absolute atomic E-state index is 5.46. The number of aromatic nitrogens is 1. The highest BCUT2D eigenvalue weighted by atomic mass is 79.9. The lowest BCUT2D eigenvalue weighted by atomic mass is 10.1. The molecule has 2 aromatic rings. The minimum absolute atomic E-state index is 0.249. The molecule has 0 saturated carbocycles. The molecule has 0 amide bonds. The number of fused-ring (bicyclic) bond motifs is 2. The molecule has 21 heavy (non-hydrogen) atoms. The number of pyridine rings is 1. The first kappa shape index (κ1) is 14.4. The smallest absolute Gasteiger partial charge is 0.231 e. The number of ether oxygens (including phenoxy) is 3. The Morgan fingerprint density at radius 1 is 1.38 bits per heavy atom. The van der Waals surface area contributed by atoms with Crippen LogP contribution in [-0.4, -0.2) is 43.9 Å². The Bertz CT molecular complexity index is 650. The molecule has 1 unspecified atom stereocenters. The predicted molar refractivity (Wildman–Crippen MR) is 85.7 cm³/mol. The summed E-state index contributed by atoms with van der Waals surface area (Å²) in [6, 6.07) is 5.98. The van der Waals surface area contributed by atoms with Crippen LogP contribution in [0.25, 0.3) is 10.8 Å². The number of nitrogens with zero attached hydrogens (tertiary/aromatic N) is 2. The van der Waals surface area contributed by atoms with Gasteiger partial charge < -0.3 is 19.1 Å². The summed E-state index contributed by atoms with van der Waals surface area (Å²) in [5, 5.41) is 2.15.